The lowest BCUT2D eigenvalue weighted by molar-refractivity contribution is 0.0364. The Morgan fingerprint density at radius 2 is 2.38 bits per heavy atom. The van der Waals surface area contributed by atoms with Crippen molar-refractivity contribution in [3.05, 3.63) is 34.9 Å². The third-order valence-electron chi connectivity index (χ3n) is 1.40. The lowest BCUT2D eigenvalue weighted by Gasteiger charge is -2.03. The monoisotopic (exact) mass is 199 g/mol. The van der Waals surface area contributed by atoms with Crippen molar-refractivity contribution < 1.29 is 9.63 Å². The second kappa shape index (κ2) is 4.84. The van der Waals surface area contributed by atoms with E-state index >= 15 is 0 Å². The highest BCUT2D eigenvalue weighted by Gasteiger charge is 2.04. The van der Waals surface area contributed by atoms with Gasteiger partial charge < -0.3 is 0 Å². The Labute approximate surface area is 81.6 Å². The molecule has 0 saturated carbocycles. The molecule has 70 valence electrons. The fourth-order valence-corrected chi connectivity index (χ4v) is 1.02. The fourth-order valence-electron chi connectivity index (χ4n) is 0.826. The van der Waals surface area contributed by atoms with Gasteiger partial charge in [0, 0.05) is 10.6 Å². The van der Waals surface area contributed by atoms with E-state index in [9.17, 15) is 4.79 Å². The quantitative estimate of drug-likeness (QED) is 0.757. The third kappa shape index (κ3) is 3.05. The molecule has 0 fully saturated rings. The van der Waals surface area contributed by atoms with Crippen molar-refractivity contribution in [3.63, 3.8) is 0 Å². The maximum absolute atomic E-state index is 11.3. The molecule has 1 aromatic carbocycles. The highest BCUT2D eigenvalue weighted by atomic mass is 35.5. The lowest BCUT2D eigenvalue weighted by atomic mass is 10.2. The summed E-state index contributed by atoms with van der Waals surface area (Å²) in [5.74, 6) is -0.288. The van der Waals surface area contributed by atoms with Gasteiger partial charge in [-0.15, -0.1) is 0 Å². The van der Waals surface area contributed by atoms with Crippen LogP contribution in [-0.4, -0.2) is 12.5 Å². The zero-order valence-corrected chi connectivity index (χ0v) is 7.97. The largest absolute Gasteiger partial charge is 0.274 e. The number of rotatable bonds is 3. The van der Waals surface area contributed by atoms with E-state index in [1.165, 1.54) is 0 Å². The molecular weight excluding hydrogens is 190 g/mol. The van der Waals surface area contributed by atoms with Gasteiger partial charge in [0.2, 0.25) is 0 Å². The van der Waals surface area contributed by atoms with Crippen LogP contribution < -0.4 is 5.48 Å². The second-order valence-electron chi connectivity index (χ2n) is 2.37. The molecule has 13 heavy (non-hydrogen) atoms. The van der Waals surface area contributed by atoms with Crippen LogP contribution >= 0.6 is 11.6 Å². The SMILES string of the molecule is CCONC(=O)c1cccc(Cl)c1. The summed E-state index contributed by atoms with van der Waals surface area (Å²) in [5, 5.41) is 0.532. The first-order chi connectivity index (χ1) is 6.24. The van der Waals surface area contributed by atoms with Crippen molar-refractivity contribution in [1.82, 2.24) is 5.48 Å². The van der Waals surface area contributed by atoms with Crippen LogP contribution in [0, 0.1) is 0 Å². The minimum atomic E-state index is -0.288. The predicted octanol–water partition coefficient (Wildman–Crippen LogP) is 2.02. The van der Waals surface area contributed by atoms with Crippen LogP contribution in [0.4, 0.5) is 0 Å². The van der Waals surface area contributed by atoms with Crippen molar-refractivity contribution in [1.29, 1.82) is 0 Å². The second-order valence-corrected chi connectivity index (χ2v) is 2.81. The van der Waals surface area contributed by atoms with Gasteiger partial charge in [0.05, 0.1) is 6.61 Å². The van der Waals surface area contributed by atoms with Gasteiger partial charge in [0.1, 0.15) is 0 Å². The van der Waals surface area contributed by atoms with Gasteiger partial charge in [-0.1, -0.05) is 17.7 Å². The Balaban J connectivity index is 2.66. The molecule has 0 saturated heterocycles. The molecule has 4 heteroatoms. The zero-order valence-electron chi connectivity index (χ0n) is 7.21. The van der Waals surface area contributed by atoms with Crippen LogP contribution in [0.1, 0.15) is 17.3 Å². The number of hydroxylamine groups is 1. The Morgan fingerprint density at radius 1 is 1.62 bits per heavy atom. The molecule has 0 radical (unpaired) electrons. The van der Waals surface area contributed by atoms with Gasteiger partial charge in [-0.25, -0.2) is 5.48 Å². The summed E-state index contributed by atoms with van der Waals surface area (Å²) in [6.45, 7) is 2.23. The lowest BCUT2D eigenvalue weighted by Crippen LogP contribution is -2.23. The van der Waals surface area contributed by atoms with Gasteiger partial charge in [0.25, 0.3) is 5.91 Å². The van der Waals surface area contributed by atoms with Crippen molar-refractivity contribution in [2.24, 2.45) is 0 Å². The number of carbonyl (C=O) groups excluding carboxylic acids is 1. The standard InChI is InChI=1S/C9H10ClNO2/c1-2-13-11-9(12)7-4-3-5-8(10)6-7/h3-6H,2H2,1H3,(H,11,12). The van der Waals surface area contributed by atoms with Crippen LogP contribution in [0.5, 0.6) is 0 Å². The van der Waals surface area contributed by atoms with E-state index in [1.54, 1.807) is 31.2 Å². The first kappa shape index (κ1) is 10.0. The van der Waals surface area contributed by atoms with E-state index in [-0.39, 0.29) is 5.91 Å². The number of halogens is 1. The minimum Gasteiger partial charge on any atom is -0.274 e. The molecule has 0 aliphatic rings. The summed E-state index contributed by atoms with van der Waals surface area (Å²) >= 11 is 5.70. The van der Waals surface area contributed by atoms with Gasteiger partial charge in [-0.05, 0) is 25.1 Å². The molecule has 0 heterocycles. The average molecular weight is 200 g/mol. The molecule has 1 N–H and O–H groups in total. The number of carbonyl (C=O) groups is 1. The molecule has 1 aromatic rings. The predicted molar refractivity (Wildman–Crippen MR) is 50.5 cm³/mol. The summed E-state index contributed by atoms with van der Waals surface area (Å²) in [7, 11) is 0. The number of nitrogens with one attached hydrogen (secondary N) is 1. The van der Waals surface area contributed by atoms with E-state index in [2.05, 4.69) is 5.48 Å². The van der Waals surface area contributed by atoms with Crippen LogP contribution in [0.3, 0.4) is 0 Å². The van der Waals surface area contributed by atoms with Crippen LogP contribution in [0.15, 0.2) is 24.3 Å². The Kier molecular flexibility index (Phi) is 3.73. The highest BCUT2D eigenvalue weighted by Crippen LogP contribution is 2.10. The first-order valence-corrected chi connectivity index (χ1v) is 4.29. The number of benzene rings is 1. The Hall–Kier alpha value is -1.06. The van der Waals surface area contributed by atoms with Gasteiger partial charge in [0.15, 0.2) is 0 Å². The molecule has 1 amide bonds. The van der Waals surface area contributed by atoms with Crippen molar-refractivity contribution in [2.75, 3.05) is 6.61 Å². The fraction of sp³-hybridized carbons (Fsp3) is 0.222. The molecular formula is C9H10ClNO2. The number of amides is 1. The molecule has 0 unspecified atom stereocenters. The first-order valence-electron chi connectivity index (χ1n) is 3.91. The molecule has 0 atom stereocenters. The summed E-state index contributed by atoms with van der Waals surface area (Å²) in [5.41, 5.74) is 2.77. The van der Waals surface area contributed by atoms with E-state index < -0.39 is 0 Å². The summed E-state index contributed by atoms with van der Waals surface area (Å²) < 4.78 is 0. The van der Waals surface area contributed by atoms with Gasteiger partial charge >= 0.3 is 0 Å². The molecule has 0 aliphatic carbocycles. The van der Waals surface area contributed by atoms with Crippen LogP contribution in [0.2, 0.25) is 5.02 Å². The van der Waals surface area contributed by atoms with Crippen LogP contribution in [-0.2, 0) is 4.84 Å². The van der Waals surface area contributed by atoms with E-state index in [1.807, 2.05) is 0 Å². The maximum Gasteiger partial charge on any atom is 0.274 e. The smallest absolute Gasteiger partial charge is 0.274 e. The Bertz CT molecular complexity index is 301. The molecule has 1 rings (SSSR count). The third-order valence-corrected chi connectivity index (χ3v) is 1.63. The maximum atomic E-state index is 11.3. The minimum absolute atomic E-state index is 0.288. The summed E-state index contributed by atoms with van der Waals surface area (Å²) in [6.07, 6.45) is 0. The normalized spacial score (nSPS) is 9.69. The van der Waals surface area contributed by atoms with Crippen molar-refractivity contribution >= 4 is 17.5 Å². The molecule has 3 nitrogen and oxygen atoms in total. The molecule has 0 spiro atoms. The molecule has 0 aliphatic heterocycles. The topological polar surface area (TPSA) is 38.3 Å². The van der Waals surface area contributed by atoms with Crippen LogP contribution in [0.25, 0.3) is 0 Å². The summed E-state index contributed by atoms with van der Waals surface area (Å²) in [4.78, 5) is 16.0. The zero-order chi connectivity index (χ0) is 9.68. The molecule has 0 aromatic heterocycles. The van der Waals surface area contributed by atoms with Gasteiger partial charge in [-0.3, -0.25) is 9.63 Å². The van der Waals surface area contributed by atoms with E-state index in [0.717, 1.165) is 0 Å². The molecule has 0 bridgehead atoms. The Morgan fingerprint density at radius 3 is 3.00 bits per heavy atom. The highest BCUT2D eigenvalue weighted by molar-refractivity contribution is 6.30. The van der Waals surface area contributed by atoms with Crippen molar-refractivity contribution in [3.8, 4) is 0 Å². The number of hydrogen-bond acceptors (Lipinski definition) is 2. The number of hydrogen-bond donors (Lipinski definition) is 1. The average Bonchev–Trinajstić information content (AvgIpc) is 2.14. The van der Waals surface area contributed by atoms with Crippen molar-refractivity contribution in [2.45, 2.75) is 6.92 Å². The van der Waals surface area contributed by atoms with E-state index in [4.69, 9.17) is 16.4 Å². The summed E-state index contributed by atoms with van der Waals surface area (Å²) in [6, 6.07) is 6.67. The van der Waals surface area contributed by atoms with E-state index in [0.29, 0.717) is 17.2 Å². The van der Waals surface area contributed by atoms with Gasteiger partial charge in [-0.2, -0.15) is 0 Å².